The van der Waals surface area contributed by atoms with Gasteiger partial charge in [-0.25, -0.2) is 9.97 Å². The van der Waals surface area contributed by atoms with E-state index >= 15 is 0 Å². The summed E-state index contributed by atoms with van der Waals surface area (Å²) in [7, 11) is -1.72. The molecule has 0 bridgehead atoms. The molecule has 3 nitrogen and oxygen atoms in total. The summed E-state index contributed by atoms with van der Waals surface area (Å²) in [4.78, 5) is 8.26. The van der Waals surface area contributed by atoms with Crippen molar-refractivity contribution >= 4 is 13.9 Å². The van der Waals surface area contributed by atoms with Crippen LogP contribution < -0.4 is 5.73 Å². The molecule has 0 aromatic carbocycles. The predicted octanol–water partition coefficient (Wildman–Crippen LogP) is 3.63. The molecule has 104 valence electrons. The van der Waals surface area contributed by atoms with Crippen LogP contribution in [-0.4, -0.2) is 18.0 Å². The SMILES string of the molecule is CC(C)[Si](C#Cc1nccnc1N)(C(C)C)C(C)C. The molecule has 19 heavy (non-hydrogen) atoms. The molecule has 0 fully saturated rings. The van der Waals surface area contributed by atoms with Gasteiger partial charge < -0.3 is 5.73 Å². The van der Waals surface area contributed by atoms with E-state index in [1.165, 1.54) is 0 Å². The van der Waals surface area contributed by atoms with Gasteiger partial charge in [-0.3, -0.25) is 0 Å². The second kappa shape index (κ2) is 6.20. The summed E-state index contributed by atoms with van der Waals surface area (Å²) < 4.78 is 0. The summed E-state index contributed by atoms with van der Waals surface area (Å²) in [6, 6.07) is 0. The van der Waals surface area contributed by atoms with Crippen molar-refractivity contribution in [3.05, 3.63) is 18.1 Å². The smallest absolute Gasteiger partial charge is 0.158 e. The predicted molar refractivity (Wildman–Crippen MR) is 84.4 cm³/mol. The van der Waals surface area contributed by atoms with Crippen molar-refractivity contribution in [1.29, 1.82) is 0 Å². The highest BCUT2D eigenvalue weighted by Crippen LogP contribution is 2.40. The van der Waals surface area contributed by atoms with Crippen LogP contribution in [0.1, 0.15) is 47.2 Å². The minimum Gasteiger partial charge on any atom is -0.381 e. The standard InChI is InChI=1S/C15H25N3Si/c1-11(2)19(12(3)4,13(5)6)10-7-14-15(16)18-9-8-17-14/h8-9,11-13H,1-6H3,(H2,16,18). The molecule has 1 aromatic rings. The van der Waals surface area contributed by atoms with Gasteiger partial charge in [-0.1, -0.05) is 47.5 Å². The molecule has 2 N–H and O–H groups in total. The molecule has 0 spiro atoms. The average molecular weight is 275 g/mol. The molecule has 1 heterocycles. The summed E-state index contributed by atoms with van der Waals surface area (Å²) in [5, 5.41) is 0. The normalized spacial score (nSPS) is 11.8. The third-order valence-electron chi connectivity index (χ3n) is 3.99. The van der Waals surface area contributed by atoms with Crippen molar-refractivity contribution in [2.24, 2.45) is 0 Å². The first kappa shape index (κ1) is 15.7. The van der Waals surface area contributed by atoms with Crippen LogP contribution in [0.15, 0.2) is 12.4 Å². The Kier molecular flexibility index (Phi) is 5.13. The largest absolute Gasteiger partial charge is 0.381 e. The second-order valence-corrected chi connectivity index (χ2v) is 11.5. The van der Waals surface area contributed by atoms with E-state index in [2.05, 4.69) is 63.0 Å². The lowest BCUT2D eigenvalue weighted by atomic mass is 10.4. The fourth-order valence-corrected chi connectivity index (χ4v) is 8.25. The monoisotopic (exact) mass is 275 g/mol. The molecule has 1 aromatic heterocycles. The van der Waals surface area contributed by atoms with Gasteiger partial charge in [-0.2, -0.15) is 0 Å². The van der Waals surface area contributed by atoms with E-state index in [0.717, 1.165) is 0 Å². The second-order valence-electron chi connectivity index (χ2n) is 5.94. The first-order chi connectivity index (χ1) is 8.82. The lowest BCUT2D eigenvalue weighted by molar-refractivity contribution is 0.838. The van der Waals surface area contributed by atoms with Crippen molar-refractivity contribution in [3.8, 4) is 11.5 Å². The molecule has 0 saturated carbocycles. The Hall–Kier alpha value is -1.34. The third-order valence-corrected chi connectivity index (χ3v) is 10.3. The van der Waals surface area contributed by atoms with Crippen molar-refractivity contribution in [2.45, 2.75) is 58.2 Å². The lowest BCUT2D eigenvalue weighted by Gasteiger charge is -2.38. The Labute approximate surface area is 118 Å². The fraction of sp³-hybridized carbons (Fsp3) is 0.600. The number of nitrogens with two attached hydrogens (primary N) is 1. The van der Waals surface area contributed by atoms with Crippen LogP contribution in [-0.2, 0) is 0 Å². The highest BCUT2D eigenvalue weighted by atomic mass is 28.3. The van der Waals surface area contributed by atoms with Crippen LogP contribution in [0.5, 0.6) is 0 Å². The van der Waals surface area contributed by atoms with Crippen LogP contribution >= 0.6 is 0 Å². The Morgan fingerprint density at radius 1 is 0.947 bits per heavy atom. The number of anilines is 1. The Morgan fingerprint density at radius 3 is 1.84 bits per heavy atom. The number of hydrogen-bond donors (Lipinski definition) is 1. The summed E-state index contributed by atoms with van der Waals surface area (Å²) in [5.74, 6) is 3.64. The molecule has 0 radical (unpaired) electrons. The van der Waals surface area contributed by atoms with Crippen molar-refractivity contribution in [1.82, 2.24) is 9.97 Å². The third kappa shape index (κ3) is 3.16. The van der Waals surface area contributed by atoms with Crippen molar-refractivity contribution in [2.75, 3.05) is 5.73 Å². The van der Waals surface area contributed by atoms with E-state index in [1.54, 1.807) is 12.4 Å². The summed E-state index contributed by atoms with van der Waals surface area (Å²) in [5.41, 5.74) is 11.9. The average Bonchev–Trinajstić information content (AvgIpc) is 2.30. The van der Waals surface area contributed by atoms with Crippen molar-refractivity contribution < 1.29 is 0 Å². The quantitative estimate of drug-likeness (QED) is 0.677. The van der Waals surface area contributed by atoms with Gasteiger partial charge in [0.15, 0.2) is 11.5 Å². The topological polar surface area (TPSA) is 51.8 Å². The highest BCUT2D eigenvalue weighted by Gasteiger charge is 2.41. The van der Waals surface area contributed by atoms with Crippen LogP contribution in [0.4, 0.5) is 5.82 Å². The van der Waals surface area contributed by atoms with E-state index in [4.69, 9.17) is 5.73 Å². The van der Waals surface area contributed by atoms with E-state index in [1.807, 2.05) is 0 Å². The van der Waals surface area contributed by atoms with Crippen LogP contribution in [0.25, 0.3) is 0 Å². The van der Waals surface area contributed by atoms with Gasteiger partial charge >= 0.3 is 0 Å². The highest BCUT2D eigenvalue weighted by molar-refractivity contribution is 6.90. The number of hydrogen-bond acceptors (Lipinski definition) is 3. The maximum atomic E-state index is 5.82. The molecular formula is C15H25N3Si. The Bertz CT molecular complexity index is 462. The molecule has 0 aliphatic rings. The first-order valence-electron chi connectivity index (χ1n) is 6.92. The fourth-order valence-electron chi connectivity index (χ4n) is 3.05. The Balaban J connectivity index is 3.28. The zero-order chi connectivity index (χ0) is 14.6. The minimum absolute atomic E-state index is 0.425. The molecule has 0 aliphatic heterocycles. The van der Waals surface area contributed by atoms with E-state index in [0.29, 0.717) is 28.1 Å². The minimum atomic E-state index is -1.72. The van der Waals surface area contributed by atoms with Gasteiger partial charge in [0, 0.05) is 12.4 Å². The zero-order valence-corrected chi connectivity index (χ0v) is 13.9. The maximum absolute atomic E-state index is 5.82. The summed E-state index contributed by atoms with van der Waals surface area (Å²) in [6.45, 7) is 13.8. The van der Waals surface area contributed by atoms with E-state index in [-0.39, 0.29) is 0 Å². The number of nitrogen functional groups attached to an aromatic ring is 1. The van der Waals surface area contributed by atoms with Gasteiger partial charge in [-0.15, -0.1) is 5.54 Å². The molecule has 0 atom stereocenters. The molecule has 0 amide bonds. The van der Waals surface area contributed by atoms with Gasteiger partial charge in [0.2, 0.25) is 0 Å². The molecule has 1 rings (SSSR count). The number of rotatable bonds is 3. The Morgan fingerprint density at radius 2 is 1.42 bits per heavy atom. The summed E-state index contributed by atoms with van der Waals surface area (Å²) in [6.07, 6.45) is 3.24. The lowest BCUT2D eigenvalue weighted by Crippen LogP contribution is -2.43. The molecule has 0 aliphatic carbocycles. The molecule has 0 saturated heterocycles. The van der Waals surface area contributed by atoms with E-state index < -0.39 is 8.07 Å². The van der Waals surface area contributed by atoms with Gasteiger partial charge in [0.25, 0.3) is 0 Å². The number of nitrogens with zero attached hydrogens (tertiary/aromatic N) is 2. The first-order valence-corrected chi connectivity index (χ1v) is 9.15. The van der Waals surface area contributed by atoms with E-state index in [9.17, 15) is 0 Å². The van der Waals surface area contributed by atoms with Gasteiger partial charge in [0.1, 0.15) is 8.07 Å². The van der Waals surface area contributed by atoms with Gasteiger partial charge in [0.05, 0.1) is 0 Å². The van der Waals surface area contributed by atoms with Crippen LogP contribution in [0.3, 0.4) is 0 Å². The maximum Gasteiger partial charge on any atom is 0.158 e. The van der Waals surface area contributed by atoms with Crippen LogP contribution in [0.2, 0.25) is 16.6 Å². The van der Waals surface area contributed by atoms with Crippen LogP contribution in [0, 0.1) is 11.5 Å². The molecule has 0 unspecified atom stereocenters. The molecular weight excluding hydrogens is 250 g/mol. The zero-order valence-electron chi connectivity index (χ0n) is 12.9. The molecule has 4 heteroatoms. The summed E-state index contributed by atoms with van der Waals surface area (Å²) >= 11 is 0. The number of aromatic nitrogens is 2. The van der Waals surface area contributed by atoms with Crippen molar-refractivity contribution in [3.63, 3.8) is 0 Å². The van der Waals surface area contributed by atoms with Gasteiger partial charge in [-0.05, 0) is 16.6 Å².